The first kappa shape index (κ1) is 15.6. The predicted octanol–water partition coefficient (Wildman–Crippen LogP) is 2.77. The Labute approximate surface area is 99.8 Å². The molecule has 1 radical (unpaired) electrons. The zero-order valence-electron chi connectivity index (χ0n) is 8.04. The van der Waals surface area contributed by atoms with Crippen molar-refractivity contribution in [3.8, 4) is 0 Å². The lowest BCUT2D eigenvalue weighted by molar-refractivity contribution is 0.216. The first-order valence-electron chi connectivity index (χ1n) is 4.46. The highest BCUT2D eigenvalue weighted by Gasteiger charge is 1.95. The van der Waals surface area contributed by atoms with Crippen molar-refractivity contribution in [1.29, 1.82) is 0 Å². The van der Waals surface area contributed by atoms with Crippen LogP contribution in [0, 0.1) is 0 Å². The fraction of sp³-hybridized carbons (Fsp3) is 1.00. The van der Waals surface area contributed by atoms with Crippen molar-refractivity contribution in [2.45, 2.75) is 39.5 Å². The third kappa shape index (κ3) is 13.8. The van der Waals surface area contributed by atoms with Gasteiger partial charge in [-0.2, -0.15) is 0 Å². The van der Waals surface area contributed by atoms with Crippen LogP contribution >= 0.6 is 24.0 Å². The molecule has 0 heterocycles. The highest BCUT2D eigenvalue weighted by Crippen LogP contribution is 1.89. The molecule has 0 aliphatic rings. The van der Waals surface area contributed by atoms with Crippen molar-refractivity contribution in [2.75, 3.05) is 13.2 Å². The van der Waals surface area contributed by atoms with Crippen molar-refractivity contribution in [2.24, 2.45) is 0 Å². The molecule has 2 nitrogen and oxygen atoms in total. The van der Waals surface area contributed by atoms with Crippen molar-refractivity contribution in [3.05, 3.63) is 0 Å². The van der Waals surface area contributed by atoms with E-state index in [4.69, 9.17) is 7.58 Å². The molecule has 4 heteroatoms. The second-order valence-electron chi connectivity index (χ2n) is 2.54. The molecule has 0 N–H and O–H groups in total. The maximum atomic E-state index is 5.28. The molecule has 0 aliphatic heterocycles. The van der Waals surface area contributed by atoms with E-state index in [0.29, 0.717) is 0 Å². The molecule has 12 heavy (non-hydrogen) atoms. The van der Waals surface area contributed by atoms with E-state index in [0.717, 1.165) is 26.1 Å². The minimum absolute atomic E-state index is 0. The van der Waals surface area contributed by atoms with Crippen LogP contribution in [-0.2, 0) is 7.58 Å². The molecule has 0 bridgehead atoms. The Kier molecular flexibility index (Phi) is 19.2. The smallest absolute Gasteiger partial charge is 0.484 e. The topological polar surface area (TPSA) is 18.5 Å². The molecular formula is C8H19AlIO2. The fourth-order valence-corrected chi connectivity index (χ4v) is 1.22. The second-order valence-corrected chi connectivity index (χ2v) is 3.40. The van der Waals surface area contributed by atoms with Crippen LogP contribution in [0.5, 0.6) is 0 Å². The molecule has 0 spiro atoms. The Hall–Kier alpha value is 1.18. The Morgan fingerprint density at radius 1 is 0.917 bits per heavy atom. The van der Waals surface area contributed by atoms with Crippen LogP contribution in [-0.4, -0.2) is 29.1 Å². The van der Waals surface area contributed by atoms with E-state index in [1.54, 1.807) is 0 Å². The van der Waals surface area contributed by atoms with Crippen LogP contribution in [0.4, 0.5) is 0 Å². The molecule has 73 valence electrons. The van der Waals surface area contributed by atoms with Crippen LogP contribution in [0.3, 0.4) is 0 Å². The maximum absolute atomic E-state index is 5.28. The van der Waals surface area contributed by atoms with Gasteiger partial charge >= 0.3 is 15.9 Å². The quantitative estimate of drug-likeness (QED) is 0.390. The van der Waals surface area contributed by atoms with Gasteiger partial charge in [-0.3, -0.25) is 0 Å². The summed E-state index contributed by atoms with van der Waals surface area (Å²) >= 11 is -0.189. The Morgan fingerprint density at radius 3 is 1.67 bits per heavy atom. The second kappa shape index (κ2) is 14.7. The van der Waals surface area contributed by atoms with Gasteiger partial charge < -0.3 is 7.58 Å². The Morgan fingerprint density at radius 2 is 1.33 bits per heavy atom. The lowest BCUT2D eigenvalue weighted by Gasteiger charge is -2.02. The number of unbranched alkanes of at least 4 members (excludes halogenated alkanes) is 2. The summed E-state index contributed by atoms with van der Waals surface area (Å²) in [6, 6.07) is 0. The van der Waals surface area contributed by atoms with Gasteiger partial charge in [0.1, 0.15) is 0 Å². The minimum Gasteiger partial charge on any atom is -0.484 e. The zero-order valence-corrected chi connectivity index (χ0v) is 11.5. The summed E-state index contributed by atoms with van der Waals surface area (Å²) in [7, 11) is 0. The largest absolute Gasteiger partial charge is 0.668 e. The van der Waals surface area contributed by atoms with E-state index in [1.165, 1.54) is 12.8 Å². The van der Waals surface area contributed by atoms with Gasteiger partial charge in [-0.15, -0.1) is 24.0 Å². The monoisotopic (exact) mass is 301 g/mol. The summed E-state index contributed by atoms with van der Waals surface area (Å²) < 4.78 is 10.6. The maximum Gasteiger partial charge on any atom is 0.668 e. The average Bonchev–Trinajstić information content (AvgIpc) is 2.03. The molecule has 0 aromatic heterocycles. The molecule has 0 saturated heterocycles. The van der Waals surface area contributed by atoms with Crippen molar-refractivity contribution < 1.29 is 7.58 Å². The predicted molar refractivity (Wildman–Crippen MR) is 62.9 cm³/mol. The molecule has 0 aliphatic carbocycles. The van der Waals surface area contributed by atoms with E-state index < -0.39 is 0 Å². The molecule has 0 saturated carbocycles. The van der Waals surface area contributed by atoms with Gasteiger partial charge in [-0.05, 0) is 12.8 Å². The van der Waals surface area contributed by atoms with Gasteiger partial charge in [0.2, 0.25) is 0 Å². The summed E-state index contributed by atoms with van der Waals surface area (Å²) in [4.78, 5) is 0. The van der Waals surface area contributed by atoms with Crippen LogP contribution in [0.25, 0.3) is 0 Å². The zero-order chi connectivity index (χ0) is 8.36. The molecule has 0 fully saturated rings. The lowest BCUT2D eigenvalue weighted by Crippen LogP contribution is -2.06. The Bertz CT molecular complexity index is 66.1. The van der Waals surface area contributed by atoms with Crippen LogP contribution < -0.4 is 0 Å². The van der Waals surface area contributed by atoms with Crippen molar-refractivity contribution >= 4 is 39.9 Å². The first-order chi connectivity index (χ1) is 5.41. The average molecular weight is 301 g/mol. The van der Waals surface area contributed by atoms with Gasteiger partial charge in [0, 0.05) is 13.2 Å². The molecule has 0 aromatic carbocycles. The standard InChI is InChI=1S/2C4H9O.Al.HI/c2*1-2-3-4-5;;/h2*2-4H2,1H3;;1H/q2*-1;+2;. The highest BCUT2D eigenvalue weighted by molar-refractivity contribution is 14.0. The summed E-state index contributed by atoms with van der Waals surface area (Å²) in [6.07, 6.45) is 4.72. The summed E-state index contributed by atoms with van der Waals surface area (Å²) in [5, 5.41) is 0. The molecule has 0 unspecified atom stereocenters. The third-order valence-electron chi connectivity index (χ3n) is 1.37. The number of hydrogen-bond donors (Lipinski definition) is 0. The van der Waals surface area contributed by atoms with Crippen LogP contribution in [0.15, 0.2) is 0 Å². The van der Waals surface area contributed by atoms with Gasteiger partial charge in [0.05, 0.1) is 0 Å². The van der Waals surface area contributed by atoms with E-state index >= 15 is 0 Å². The molecule has 0 atom stereocenters. The summed E-state index contributed by atoms with van der Waals surface area (Å²) in [5.41, 5.74) is 0. The number of rotatable bonds is 8. The van der Waals surface area contributed by atoms with Crippen molar-refractivity contribution in [1.82, 2.24) is 0 Å². The normalized spacial score (nSPS) is 9.17. The number of hydrogen-bond acceptors (Lipinski definition) is 2. The molecular weight excluding hydrogens is 282 g/mol. The van der Waals surface area contributed by atoms with E-state index in [-0.39, 0.29) is 39.9 Å². The summed E-state index contributed by atoms with van der Waals surface area (Å²) in [5.74, 6) is 0. The first-order valence-corrected chi connectivity index (χ1v) is 5.41. The van der Waals surface area contributed by atoms with Gasteiger partial charge in [-0.1, -0.05) is 26.7 Å². The van der Waals surface area contributed by atoms with Crippen LogP contribution in [0.2, 0.25) is 0 Å². The fourth-order valence-electron chi connectivity index (χ4n) is 0.600. The molecule has 0 aromatic rings. The minimum atomic E-state index is -0.189. The van der Waals surface area contributed by atoms with E-state index in [1.807, 2.05) is 0 Å². The SMILES string of the molecule is CCCC[O][Al][O]CCCC.I. The van der Waals surface area contributed by atoms with E-state index in [9.17, 15) is 0 Å². The van der Waals surface area contributed by atoms with Gasteiger partial charge in [-0.25, -0.2) is 0 Å². The van der Waals surface area contributed by atoms with E-state index in [2.05, 4.69) is 13.8 Å². The van der Waals surface area contributed by atoms with Crippen molar-refractivity contribution in [3.63, 3.8) is 0 Å². The molecule has 0 amide bonds. The van der Waals surface area contributed by atoms with Gasteiger partial charge in [0.25, 0.3) is 0 Å². The third-order valence-corrected chi connectivity index (χ3v) is 2.11. The number of halogens is 1. The summed E-state index contributed by atoms with van der Waals surface area (Å²) in [6.45, 7) is 6.07. The highest BCUT2D eigenvalue weighted by atomic mass is 127. The molecule has 0 rings (SSSR count). The Balaban J connectivity index is 0. The van der Waals surface area contributed by atoms with Crippen LogP contribution in [0.1, 0.15) is 39.5 Å². The van der Waals surface area contributed by atoms with Gasteiger partial charge in [0.15, 0.2) is 0 Å². The lowest BCUT2D eigenvalue weighted by atomic mass is 10.4.